The van der Waals surface area contributed by atoms with Gasteiger partial charge in [0.15, 0.2) is 5.16 Å². The number of likely N-dealkylation sites (tertiary alicyclic amines) is 2. The Hall–Kier alpha value is -3.85. The van der Waals surface area contributed by atoms with Gasteiger partial charge in [0.2, 0.25) is 0 Å². The van der Waals surface area contributed by atoms with Crippen molar-refractivity contribution < 1.29 is 9.59 Å². The fraction of sp³-hybridized carbons (Fsp3) is 0.333. The number of nitrogens with zero attached hydrogens (tertiary/aromatic N) is 4. The van der Waals surface area contributed by atoms with Crippen LogP contribution in [0.1, 0.15) is 29.6 Å². The number of benzene rings is 3. The molecule has 1 spiro atoms. The van der Waals surface area contributed by atoms with Gasteiger partial charge in [0.05, 0.1) is 16.6 Å². The molecule has 2 aliphatic heterocycles. The molecule has 3 amide bonds. The first-order valence-corrected chi connectivity index (χ1v) is 14.5. The average molecular weight is 542 g/mol. The molecule has 2 saturated heterocycles. The van der Waals surface area contributed by atoms with Crippen molar-refractivity contribution in [2.24, 2.45) is 12.5 Å². The highest BCUT2D eigenvalue weighted by atomic mass is 32.2. The summed E-state index contributed by atoms with van der Waals surface area (Å²) < 4.78 is 1.54. The molecule has 0 bridgehead atoms. The standard InChI is InChI=1S/C30H31N5O3S/c1-33-27(37)23-11-10-21(18-25(23)32-29(33)39-2)26(36)35-17-14-30(19-35)12-15-34(16-13-30)28(38)31-24-9-5-7-20-6-3-4-8-22(20)24/h3-11,18H,12-17,19H2,1-2H3,(H,31,38). The minimum Gasteiger partial charge on any atom is -0.338 e. The molecule has 200 valence electrons. The summed E-state index contributed by atoms with van der Waals surface area (Å²) >= 11 is 1.41. The highest BCUT2D eigenvalue weighted by Crippen LogP contribution is 2.41. The van der Waals surface area contributed by atoms with E-state index in [2.05, 4.69) is 10.3 Å². The Morgan fingerprint density at radius 2 is 1.64 bits per heavy atom. The minimum atomic E-state index is -0.111. The molecule has 8 nitrogen and oxygen atoms in total. The summed E-state index contributed by atoms with van der Waals surface area (Å²) in [5.41, 5.74) is 1.85. The number of urea groups is 1. The summed E-state index contributed by atoms with van der Waals surface area (Å²) in [5.74, 6) is -0.0296. The van der Waals surface area contributed by atoms with E-state index in [1.165, 1.54) is 16.3 Å². The molecule has 0 radical (unpaired) electrons. The quantitative estimate of drug-likeness (QED) is 0.292. The van der Waals surface area contributed by atoms with Gasteiger partial charge in [-0.1, -0.05) is 48.2 Å². The highest BCUT2D eigenvalue weighted by molar-refractivity contribution is 7.98. The number of fused-ring (bicyclic) bond motifs is 2. The van der Waals surface area contributed by atoms with Crippen molar-refractivity contribution in [1.82, 2.24) is 19.4 Å². The molecule has 4 aromatic rings. The molecular formula is C30H31N5O3S. The number of thioether (sulfide) groups is 1. The minimum absolute atomic E-state index is 0.0296. The molecule has 0 aliphatic carbocycles. The van der Waals surface area contributed by atoms with E-state index in [9.17, 15) is 14.4 Å². The second-order valence-corrected chi connectivity index (χ2v) is 11.4. The number of rotatable bonds is 3. The third kappa shape index (κ3) is 4.65. The van der Waals surface area contributed by atoms with Crippen LogP contribution < -0.4 is 10.9 Å². The summed E-state index contributed by atoms with van der Waals surface area (Å²) in [7, 11) is 1.71. The largest absolute Gasteiger partial charge is 0.338 e. The maximum absolute atomic E-state index is 13.4. The van der Waals surface area contributed by atoms with E-state index >= 15 is 0 Å². The molecule has 3 heterocycles. The van der Waals surface area contributed by atoms with Crippen LogP contribution >= 0.6 is 11.8 Å². The highest BCUT2D eigenvalue weighted by Gasteiger charge is 2.43. The summed E-state index contributed by atoms with van der Waals surface area (Å²) in [5, 5.41) is 6.36. The molecule has 0 atom stereocenters. The van der Waals surface area contributed by atoms with E-state index in [-0.39, 0.29) is 22.9 Å². The third-order valence-electron chi connectivity index (χ3n) is 8.33. The number of aromatic nitrogens is 2. The Balaban J connectivity index is 1.11. The van der Waals surface area contributed by atoms with Crippen LogP contribution in [-0.2, 0) is 7.05 Å². The van der Waals surface area contributed by atoms with Gasteiger partial charge in [-0.25, -0.2) is 9.78 Å². The van der Waals surface area contributed by atoms with E-state index in [0.717, 1.165) is 35.7 Å². The summed E-state index contributed by atoms with van der Waals surface area (Å²) in [4.78, 5) is 47.6. The van der Waals surface area contributed by atoms with Gasteiger partial charge in [0, 0.05) is 44.2 Å². The van der Waals surface area contributed by atoms with Gasteiger partial charge in [0.25, 0.3) is 11.5 Å². The van der Waals surface area contributed by atoms with Crippen molar-refractivity contribution in [3.8, 4) is 0 Å². The lowest BCUT2D eigenvalue weighted by Gasteiger charge is -2.39. The van der Waals surface area contributed by atoms with Gasteiger partial charge in [-0.2, -0.15) is 0 Å². The summed E-state index contributed by atoms with van der Waals surface area (Å²) in [6, 6.07) is 19.1. The van der Waals surface area contributed by atoms with Crippen molar-refractivity contribution >= 4 is 51.1 Å². The number of carbonyl (C=O) groups is 2. The molecule has 1 aromatic heterocycles. The maximum Gasteiger partial charge on any atom is 0.321 e. The Morgan fingerprint density at radius 1 is 0.923 bits per heavy atom. The van der Waals surface area contributed by atoms with Gasteiger partial charge in [0.1, 0.15) is 0 Å². The number of nitrogens with one attached hydrogen (secondary N) is 1. The summed E-state index contributed by atoms with van der Waals surface area (Å²) in [6.45, 7) is 2.71. The molecule has 6 rings (SSSR count). The molecule has 0 unspecified atom stereocenters. The van der Waals surface area contributed by atoms with Gasteiger partial charge in [-0.3, -0.25) is 14.2 Å². The Kier molecular flexibility index (Phi) is 6.54. The van der Waals surface area contributed by atoms with Crippen molar-refractivity contribution in [3.63, 3.8) is 0 Å². The van der Waals surface area contributed by atoms with Crippen molar-refractivity contribution in [3.05, 3.63) is 76.6 Å². The number of anilines is 1. The van der Waals surface area contributed by atoms with Crippen LogP contribution in [0, 0.1) is 5.41 Å². The summed E-state index contributed by atoms with van der Waals surface area (Å²) in [6.07, 6.45) is 4.55. The zero-order valence-corrected chi connectivity index (χ0v) is 23.0. The smallest absolute Gasteiger partial charge is 0.321 e. The van der Waals surface area contributed by atoms with E-state index in [1.54, 1.807) is 25.2 Å². The van der Waals surface area contributed by atoms with Crippen molar-refractivity contribution in [2.75, 3.05) is 37.8 Å². The Labute approximate surface area is 231 Å². The molecule has 2 fully saturated rings. The van der Waals surface area contributed by atoms with Crippen LogP contribution in [0.5, 0.6) is 0 Å². The van der Waals surface area contributed by atoms with Crippen LogP contribution in [0.4, 0.5) is 10.5 Å². The maximum atomic E-state index is 13.4. The van der Waals surface area contributed by atoms with E-state index in [4.69, 9.17) is 0 Å². The molecule has 2 aliphatic rings. The lowest BCUT2D eigenvalue weighted by Crippen LogP contribution is -2.46. The van der Waals surface area contributed by atoms with E-state index in [0.29, 0.717) is 47.8 Å². The van der Waals surface area contributed by atoms with Crippen molar-refractivity contribution in [1.29, 1.82) is 0 Å². The Morgan fingerprint density at radius 3 is 2.41 bits per heavy atom. The predicted molar refractivity (Wildman–Crippen MR) is 155 cm³/mol. The average Bonchev–Trinajstić information content (AvgIpc) is 3.38. The van der Waals surface area contributed by atoms with E-state index < -0.39 is 0 Å². The number of amides is 3. The van der Waals surface area contributed by atoms with Crippen LogP contribution in [0.25, 0.3) is 21.7 Å². The van der Waals surface area contributed by atoms with Gasteiger partial charge in [-0.15, -0.1) is 0 Å². The number of carbonyl (C=O) groups excluding carboxylic acids is 2. The van der Waals surface area contributed by atoms with Gasteiger partial charge >= 0.3 is 6.03 Å². The molecule has 3 aromatic carbocycles. The topological polar surface area (TPSA) is 87.5 Å². The van der Waals surface area contributed by atoms with Gasteiger partial charge < -0.3 is 15.1 Å². The fourth-order valence-electron chi connectivity index (χ4n) is 5.98. The van der Waals surface area contributed by atoms with Crippen LogP contribution in [0.15, 0.2) is 70.6 Å². The van der Waals surface area contributed by atoms with Gasteiger partial charge in [-0.05, 0) is 60.6 Å². The number of piperidine rings is 1. The zero-order valence-electron chi connectivity index (χ0n) is 22.1. The number of hydrogen-bond acceptors (Lipinski definition) is 5. The number of hydrogen-bond donors (Lipinski definition) is 1. The molecular weight excluding hydrogens is 510 g/mol. The lowest BCUT2D eigenvalue weighted by atomic mass is 9.78. The fourth-order valence-corrected chi connectivity index (χ4v) is 6.52. The van der Waals surface area contributed by atoms with Crippen LogP contribution in [-0.4, -0.2) is 63.7 Å². The Bertz CT molecular complexity index is 1650. The lowest BCUT2D eigenvalue weighted by molar-refractivity contribution is 0.0739. The second kappa shape index (κ2) is 10.0. The predicted octanol–water partition coefficient (Wildman–Crippen LogP) is 4.97. The molecule has 9 heteroatoms. The monoisotopic (exact) mass is 541 g/mol. The molecule has 1 N–H and O–H groups in total. The molecule has 0 saturated carbocycles. The van der Waals surface area contributed by atoms with E-state index in [1.807, 2.05) is 58.5 Å². The van der Waals surface area contributed by atoms with Crippen LogP contribution in [0.3, 0.4) is 0 Å². The first kappa shape index (κ1) is 25.4. The normalized spacial score (nSPS) is 16.8. The third-order valence-corrected chi connectivity index (χ3v) is 9.06. The van der Waals surface area contributed by atoms with Crippen molar-refractivity contribution in [2.45, 2.75) is 24.4 Å². The first-order chi connectivity index (χ1) is 18.9. The molecule has 39 heavy (non-hydrogen) atoms. The first-order valence-electron chi connectivity index (χ1n) is 13.3. The second-order valence-electron chi connectivity index (χ2n) is 10.6. The zero-order chi connectivity index (χ0) is 27.1. The van der Waals surface area contributed by atoms with Crippen LogP contribution in [0.2, 0.25) is 0 Å². The SMILES string of the molecule is CSc1nc2cc(C(=O)N3CCC4(CCN(C(=O)Nc5cccc6ccccc56)CC4)C3)ccc2c(=O)n1C.